The van der Waals surface area contributed by atoms with Crippen molar-refractivity contribution in [2.24, 2.45) is 0 Å². The molecule has 0 saturated carbocycles. The average Bonchev–Trinajstić information content (AvgIpc) is 3.16. The third kappa shape index (κ3) is 4.52. The third-order valence-corrected chi connectivity index (χ3v) is 5.42. The number of pyridine rings is 1. The number of nitrogens with zero attached hydrogens (tertiary/aromatic N) is 2. The summed E-state index contributed by atoms with van der Waals surface area (Å²) in [5.41, 5.74) is 3.52. The quantitative estimate of drug-likeness (QED) is 0.648. The van der Waals surface area contributed by atoms with Crippen molar-refractivity contribution in [3.63, 3.8) is 0 Å². The summed E-state index contributed by atoms with van der Waals surface area (Å²) >= 11 is 1.35. The van der Waals surface area contributed by atoms with Crippen molar-refractivity contribution in [2.75, 3.05) is 12.4 Å². The van der Waals surface area contributed by atoms with Crippen LogP contribution in [-0.2, 0) is 11.2 Å². The van der Waals surface area contributed by atoms with E-state index in [0.29, 0.717) is 22.8 Å². The SMILES string of the molecule is COc1ccc(-c2csc(NC(=O)CCc3c(C)[nH]c(=O)c(C#N)c3C)n2)cc1. The van der Waals surface area contributed by atoms with E-state index in [0.717, 1.165) is 22.6 Å². The number of aromatic amines is 1. The van der Waals surface area contributed by atoms with Gasteiger partial charge >= 0.3 is 0 Å². The molecule has 0 fully saturated rings. The van der Waals surface area contributed by atoms with Crippen LogP contribution in [-0.4, -0.2) is 23.0 Å². The molecular formula is C21H20N4O3S. The van der Waals surface area contributed by atoms with E-state index >= 15 is 0 Å². The third-order valence-electron chi connectivity index (χ3n) is 4.66. The zero-order chi connectivity index (χ0) is 21.0. The Morgan fingerprint density at radius 3 is 2.69 bits per heavy atom. The minimum absolute atomic E-state index is 0.0927. The predicted octanol–water partition coefficient (Wildman–Crippen LogP) is 3.57. The van der Waals surface area contributed by atoms with Gasteiger partial charge in [-0.3, -0.25) is 9.59 Å². The largest absolute Gasteiger partial charge is 0.497 e. The van der Waals surface area contributed by atoms with Gasteiger partial charge in [0.2, 0.25) is 5.91 Å². The van der Waals surface area contributed by atoms with Gasteiger partial charge in [-0.05, 0) is 55.7 Å². The molecule has 0 unspecified atom stereocenters. The predicted molar refractivity (Wildman–Crippen MR) is 112 cm³/mol. The summed E-state index contributed by atoms with van der Waals surface area (Å²) in [6, 6.07) is 9.46. The van der Waals surface area contributed by atoms with Crippen LogP contribution in [0.1, 0.15) is 28.8 Å². The highest BCUT2D eigenvalue weighted by Gasteiger charge is 2.14. The Morgan fingerprint density at radius 1 is 1.31 bits per heavy atom. The molecule has 0 aliphatic carbocycles. The minimum atomic E-state index is -0.399. The van der Waals surface area contributed by atoms with Gasteiger partial charge in [0.1, 0.15) is 17.4 Å². The lowest BCUT2D eigenvalue weighted by molar-refractivity contribution is -0.116. The number of benzene rings is 1. The number of amides is 1. The molecule has 0 atom stereocenters. The summed E-state index contributed by atoms with van der Waals surface area (Å²) in [5, 5.41) is 14.4. The maximum absolute atomic E-state index is 12.4. The van der Waals surface area contributed by atoms with E-state index in [2.05, 4.69) is 15.3 Å². The van der Waals surface area contributed by atoms with Crippen LogP contribution in [0.25, 0.3) is 11.3 Å². The summed E-state index contributed by atoms with van der Waals surface area (Å²) in [6.45, 7) is 3.50. The monoisotopic (exact) mass is 408 g/mol. The second kappa shape index (κ2) is 8.71. The van der Waals surface area contributed by atoms with Crippen molar-refractivity contribution in [1.82, 2.24) is 9.97 Å². The molecule has 2 aromatic heterocycles. The number of hydrogen-bond donors (Lipinski definition) is 2. The van der Waals surface area contributed by atoms with Crippen molar-refractivity contribution >= 4 is 22.4 Å². The van der Waals surface area contributed by atoms with Gasteiger partial charge in [0, 0.05) is 23.1 Å². The molecule has 1 aromatic carbocycles. The van der Waals surface area contributed by atoms with Gasteiger partial charge in [0.25, 0.3) is 5.56 Å². The maximum Gasteiger partial charge on any atom is 0.266 e. The Morgan fingerprint density at radius 2 is 2.03 bits per heavy atom. The van der Waals surface area contributed by atoms with Gasteiger partial charge in [0.05, 0.1) is 12.8 Å². The summed E-state index contributed by atoms with van der Waals surface area (Å²) in [5.74, 6) is 0.592. The highest BCUT2D eigenvalue weighted by Crippen LogP contribution is 2.26. The average molecular weight is 408 g/mol. The number of H-pyrrole nitrogens is 1. The van der Waals surface area contributed by atoms with Crippen LogP contribution >= 0.6 is 11.3 Å². The number of rotatable bonds is 6. The normalized spacial score (nSPS) is 10.4. The summed E-state index contributed by atoms with van der Waals surface area (Å²) < 4.78 is 5.15. The first-order chi connectivity index (χ1) is 13.9. The van der Waals surface area contributed by atoms with Crippen molar-refractivity contribution in [3.8, 4) is 23.1 Å². The number of nitrogens with one attached hydrogen (secondary N) is 2. The number of nitriles is 1. The number of thiazole rings is 1. The van der Waals surface area contributed by atoms with Crippen LogP contribution in [0.5, 0.6) is 5.75 Å². The summed E-state index contributed by atoms with van der Waals surface area (Å²) in [4.78, 5) is 31.3. The Balaban J connectivity index is 1.66. The van der Waals surface area contributed by atoms with Crippen LogP contribution in [0.2, 0.25) is 0 Å². The molecule has 0 aliphatic rings. The van der Waals surface area contributed by atoms with E-state index in [9.17, 15) is 9.59 Å². The number of ether oxygens (including phenoxy) is 1. The van der Waals surface area contributed by atoms with Crippen molar-refractivity contribution in [2.45, 2.75) is 26.7 Å². The fourth-order valence-corrected chi connectivity index (χ4v) is 3.80. The van der Waals surface area contributed by atoms with E-state index in [1.807, 2.05) is 35.7 Å². The highest BCUT2D eigenvalue weighted by molar-refractivity contribution is 7.14. The van der Waals surface area contributed by atoms with Crippen molar-refractivity contribution in [3.05, 3.63) is 62.4 Å². The van der Waals surface area contributed by atoms with Crippen LogP contribution in [0.4, 0.5) is 5.13 Å². The van der Waals surface area contributed by atoms with Crippen LogP contribution in [0, 0.1) is 25.2 Å². The minimum Gasteiger partial charge on any atom is -0.497 e. The van der Waals surface area contributed by atoms with Gasteiger partial charge in [-0.1, -0.05) is 0 Å². The molecule has 29 heavy (non-hydrogen) atoms. The molecule has 0 saturated heterocycles. The molecule has 0 aliphatic heterocycles. The maximum atomic E-state index is 12.4. The van der Waals surface area contributed by atoms with Gasteiger partial charge in [-0.2, -0.15) is 5.26 Å². The number of anilines is 1. The van der Waals surface area contributed by atoms with Crippen molar-refractivity contribution < 1.29 is 9.53 Å². The zero-order valence-corrected chi connectivity index (χ0v) is 17.1. The van der Waals surface area contributed by atoms with E-state index in [4.69, 9.17) is 10.00 Å². The molecule has 0 spiro atoms. The Labute approximate surface area is 172 Å². The molecule has 0 bridgehead atoms. The number of hydrogen-bond acceptors (Lipinski definition) is 6. The molecule has 8 heteroatoms. The van der Waals surface area contributed by atoms with Gasteiger partial charge in [0.15, 0.2) is 5.13 Å². The molecule has 3 rings (SSSR count). The van der Waals surface area contributed by atoms with Gasteiger partial charge in [-0.25, -0.2) is 4.98 Å². The summed E-state index contributed by atoms with van der Waals surface area (Å²) in [7, 11) is 1.61. The lowest BCUT2D eigenvalue weighted by Gasteiger charge is -2.10. The van der Waals surface area contributed by atoms with Crippen LogP contribution < -0.4 is 15.6 Å². The number of methoxy groups -OCH3 is 1. The number of carbonyl (C=O) groups is 1. The molecular weight excluding hydrogens is 388 g/mol. The van der Waals surface area contributed by atoms with Gasteiger partial charge in [-0.15, -0.1) is 11.3 Å². The first-order valence-electron chi connectivity index (χ1n) is 8.95. The van der Waals surface area contributed by atoms with Crippen LogP contribution in [0.15, 0.2) is 34.4 Å². The second-order valence-corrected chi connectivity index (χ2v) is 7.34. The standard InChI is InChI=1S/C21H20N4O3S/c1-12-16(13(2)23-20(27)17(12)10-22)8-9-19(26)25-21-24-18(11-29-21)14-4-6-15(28-3)7-5-14/h4-7,11H,8-9H2,1-3H3,(H,23,27)(H,24,25,26). The van der Waals surface area contributed by atoms with E-state index in [1.165, 1.54) is 11.3 Å². The fraction of sp³-hybridized carbons (Fsp3) is 0.238. The molecule has 0 radical (unpaired) electrons. The number of carbonyl (C=O) groups excluding carboxylic acids is 1. The molecule has 148 valence electrons. The van der Waals surface area contributed by atoms with Crippen molar-refractivity contribution in [1.29, 1.82) is 5.26 Å². The lowest BCUT2D eigenvalue weighted by Crippen LogP contribution is -2.18. The molecule has 1 amide bonds. The number of aryl methyl sites for hydroxylation is 1. The first-order valence-corrected chi connectivity index (χ1v) is 9.83. The molecule has 2 heterocycles. The molecule has 7 nitrogen and oxygen atoms in total. The topological polar surface area (TPSA) is 108 Å². The van der Waals surface area contributed by atoms with E-state index in [1.54, 1.807) is 21.0 Å². The Kier molecular flexibility index (Phi) is 6.10. The Bertz CT molecular complexity index is 1140. The lowest BCUT2D eigenvalue weighted by atomic mass is 9.99. The second-order valence-electron chi connectivity index (χ2n) is 6.48. The summed E-state index contributed by atoms with van der Waals surface area (Å²) in [6.07, 6.45) is 0.641. The number of aromatic nitrogens is 2. The highest BCUT2D eigenvalue weighted by atomic mass is 32.1. The van der Waals surface area contributed by atoms with Crippen LogP contribution in [0.3, 0.4) is 0 Å². The van der Waals surface area contributed by atoms with E-state index < -0.39 is 5.56 Å². The first kappa shape index (κ1) is 20.3. The zero-order valence-electron chi connectivity index (χ0n) is 16.3. The van der Waals surface area contributed by atoms with Gasteiger partial charge < -0.3 is 15.0 Å². The van der Waals surface area contributed by atoms with E-state index in [-0.39, 0.29) is 17.9 Å². The fourth-order valence-electron chi connectivity index (χ4n) is 3.07. The molecule has 3 aromatic rings. The molecule has 2 N–H and O–H groups in total. The smallest absolute Gasteiger partial charge is 0.266 e. The Hall–Kier alpha value is -3.44.